The molecule has 0 atom stereocenters. The molecule has 0 fully saturated rings. The molecule has 2 aromatic rings. The van der Waals surface area contributed by atoms with E-state index in [0.717, 1.165) is 22.4 Å². The number of esters is 1. The predicted molar refractivity (Wildman–Crippen MR) is 105 cm³/mol. The number of aryl methyl sites for hydroxylation is 2. The zero-order valence-corrected chi connectivity index (χ0v) is 16.4. The highest BCUT2D eigenvalue weighted by molar-refractivity contribution is 5.97. The maximum atomic E-state index is 12.2. The summed E-state index contributed by atoms with van der Waals surface area (Å²) in [5, 5.41) is 2.67. The molecule has 0 saturated heterocycles. The molecule has 0 saturated carbocycles. The average Bonchev–Trinajstić information content (AvgIpc) is 2.71. The summed E-state index contributed by atoms with van der Waals surface area (Å²) in [6.45, 7) is 3.87. The lowest BCUT2D eigenvalue weighted by Gasteiger charge is -2.08. The number of nitrogens with one attached hydrogen (secondary N) is 1. The quantitative estimate of drug-likeness (QED) is 0.531. The molecule has 28 heavy (non-hydrogen) atoms. The van der Waals surface area contributed by atoms with E-state index in [-0.39, 0.29) is 25.2 Å². The second-order valence-electron chi connectivity index (χ2n) is 6.51. The normalized spacial score (nSPS) is 10.2. The molecule has 0 radical (unpaired) electrons. The van der Waals surface area contributed by atoms with Gasteiger partial charge in [-0.25, -0.2) is 0 Å². The van der Waals surface area contributed by atoms with E-state index in [1.807, 2.05) is 38.1 Å². The molecule has 0 aliphatic rings. The number of ether oxygens (including phenoxy) is 2. The number of hydrogen-bond donors (Lipinski definition) is 1. The molecule has 0 unspecified atom stereocenters. The number of hydrogen-bond acceptors (Lipinski definition) is 5. The fourth-order valence-corrected chi connectivity index (χ4v) is 2.49. The molecule has 1 N–H and O–H groups in total. The van der Waals surface area contributed by atoms with Crippen molar-refractivity contribution >= 4 is 17.7 Å². The number of ketones is 1. The number of carbonyl (C=O) groups is 3. The topological polar surface area (TPSA) is 81.7 Å². The largest absolute Gasteiger partial charge is 0.497 e. The summed E-state index contributed by atoms with van der Waals surface area (Å²) in [5.74, 6) is -0.357. The first-order valence-corrected chi connectivity index (χ1v) is 9.04. The Morgan fingerprint density at radius 3 is 2.29 bits per heavy atom. The van der Waals surface area contributed by atoms with Gasteiger partial charge in [-0.1, -0.05) is 24.3 Å². The lowest BCUT2D eigenvalue weighted by Crippen LogP contribution is -2.28. The molecule has 0 spiro atoms. The van der Waals surface area contributed by atoms with E-state index in [0.29, 0.717) is 12.1 Å². The van der Waals surface area contributed by atoms with Crippen LogP contribution in [0.25, 0.3) is 0 Å². The van der Waals surface area contributed by atoms with E-state index in [2.05, 4.69) is 5.32 Å². The zero-order chi connectivity index (χ0) is 20.5. The van der Waals surface area contributed by atoms with Crippen molar-refractivity contribution in [2.24, 2.45) is 0 Å². The lowest BCUT2D eigenvalue weighted by molar-refractivity contribution is -0.148. The van der Waals surface area contributed by atoms with Crippen LogP contribution in [0, 0.1) is 13.8 Å². The van der Waals surface area contributed by atoms with Crippen LogP contribution in [-0.4, -0.2) is 31.4 Å². The Morgan fingerprint density at radius 1 is 0.929 bits per heavy atom. The van der Waals surface area contributed by atoms with Gasteiger partial charge in [0.1, 0.15) is 5.75 Å². The van der Waals surface area contributed by atoms with Crippen LogP contribution >= 0.6 is 0 Å². The number of methoxy groups -OCH3 is 1. The first-order chi connectivity index (χ1) is 13.4. The minimum atomic E-state index is -0.572. The fourth-order valence-electron chi connectivity index (χ4n) is 2.49. The smallest absolute Gasteiger partial charge is 0.306 e. The molecule has 2 rings (SSSR count). The Hall–Kier alpha value is -3.15. The van der Waals surface area contributed by atoms with E-state index in [4.69, 9.17) is 9.47 Å². The number of benzene rings is 2. The van der Waals surface area contributed by atoms with Gasteiger partial charge < -0.3 is 14.8 Å². The summed E-state index contributed by atoms with van der Waals surface area (Å²) in [5.41, 5.74) is 3.62. The van der Waals surface area contributed by atoms with E-state index in [9.17, 15) is 14.4 Å². The summed E-state index contributed by atoms with van der Waals surface area (Å²) < 4.78 is 10.0. The fraction of sp³-hybridized carbons (Fsp3) is 0.318. The summed E-state index contributed by atoms with van der Waals surface area (Å²) >= 11 is 0. The van der Waals surface area contributed by atoms with Gasteiger partial charge in [0.2, 0.25) is 0 Å². The van der Waals surface area contributed by atoms with Crippen LogP contribution in [-0.2, 0) is 20.9 Å². The molecular formula is C22H25NO5. The van der Waals surface area contributed by atoms with Crippen LogP contribution < -0.4 is 10.1 Å². The van der Waals surface area contributed by atoms with Gasteiger partial charge in [-0.3, -0.25) is 14.4 Å². The Balaban J connectivity index is 1.68. The van der Waals surface area contributed by atoms with E-state index < -0.39 is 11.9 Å². The van der Waals surface area contributed by atoms with Crippen LogP contribution in [0.1, 0.15) is 39.9 Å². The summed E-state index contributed by atoms with van der Waals surface area (Å²) in [4.78, 5) is 35.7. The van der Waals surface area contributed by atoms with Gasteiger partial charge in [-0.2, -0.15) is 0 Å². The average molecular weight is 383 g/mol. The molecule has 6 nitrogen and oxygen atoms in total. The Kier molecular flexibility index (Phi) is 7.75. The van der Waals surface area contributed by atoms with Gasteiger partial charge in [0.05, 0.1) is 13.5 Å². The predicted octanol–water partition coefficient (Wildman–Crippen LogP) is 3.13. The van der Waals surface area contributed by atoms with Crippen molar-refractivity contribution in [3.05, 3.63) is 64.7 Å². The first kappa shape index (κ1) is 21.2. The van der Waals surface area contributed by atoms with E-state index >= 15 is 0 Å². The van der Waals surface area contributed by atoms with Gasteiger partial charge in [0.25, 0.3) is 5.91 Å². The van der Waals surface area contributed by atoms with Crippen molar-refractivity contribution in [2.45, 2.75) is 33.2 Å². The summed E-state index contributed by atoms with van der Waals surface area (Å²) in [7, 11) is 1.58. The summed E-state index contributed by atoms with van der Waals surface area (Å²) in [6, 6.07) is 12.7. The van der Waals surface area contributed by atoms with E-state index in [1.54, 1.807) is 25.3 Å². The highest BCUT2D eigenvalue weighted by Gasteiger charge is 2.12. The van der Waals surface area contributed by atoms with Crippen molar-refractivity contribution in [1.82, 2.24) is 5.32 Å². The molecular weight excluding hydrogens is 358 g/mol. The van der Waals surface area contributed by atoms with Crippen LogP contribution in [0.3, 0.4) is 0 Å². The van der Waals surface area contributed by atoms with Gasteiger partial charge in [0, 0.05) is 18.5 Å². The standard InChI is InChI=1S/C22H25NO5/c1-15-4-7-18(12-16(15)2)20(24)10-11-22(26)28-14-21(25)23-13-17-5-8-19(27-3)9-6-17/h4-9,12H,10-11,13-14H2,1-3H3,(H,23,25). The number of rotatable bonds is 9. The van der Waals surface area contributed by atoms with Gasteiger partial charge in [-0.05, 0) is 48.7 Å². The maximum absolute atomic E-state index is 12.2. The van der Waals surface area contributed by atoms with Crippen LogP contribution in [0.2, 0.25) is 0 Å². The minimum Gasteiger partial charge on any atom is -0.497 e. The van der Waals surface area contributed by atoms with Crippen molar-refractivity contribution in [2.75, 3.05) is 13.7 Å². The van der Waals surface area contributed by atoms with Gasteiger partial charge in [-0.15, -0.1) is 0 Å². The van der Waals surface area contributed by atoms with Gasteiger partial charge >= 0.3 is 5.97 Å². The Labute approximate surface area is 164 Å². The second kappa shape index (κ2) is 10.3. The highest BCUT2D eigenvalue weighted by atomic mass is 16.5. The lowest BCUT2D eigenvalue weighted by atomic mass is 10.0. The Morgan fingerprint density at radius 2 is 1.64 bits per heavy atom. The summed E-state index contributed by atoms with van der Waals surface area (Å²) in [6.07, 6.45) is -0.00762. The molecule has 0 bridgehead atoms. The van der Waals surface area contributed by atoms with Crippen LogP contribution in [0.15, 0.2) is 42.5 Å². The minimum absolute atomic E-state index is 0.0504. The second-order valence-corrected chi connectivity index (χ2v) is 6.51. The number of Topliss-reactive ketones (excluding diaryl/α,β-unsaturated/α-hetero) is 1. The molecule has 0 aliphatic heterocycles. The van der Waals surface area contributed by atoms with E-state index in [1.165, 1.54) is 0 Å². The third-order valence-electron chi connectivity index (χ3n) is 4.40. The highest BCUT2D eigenvalue weighted by Crippen LogP contribution is 2.13. The monoisotopic (exact) mass is 383 g/mol. The third kappa shape index (κ3) is 6.54. The first-order valence-electron chi connectivity index (χ1n) is 9.04. The third-order valence-corrected chi connectivity index (χ3v) is 4.40. The molecule has 6 heteroatoms. The van der Waals surface area contributed by atoms with Crippen molar-refractivity contribution in [3.8, 4) is 5.75 Å². The van der Waals surface area contributed by atoms with Crippen molar-refractivity contribution in [3.63, 3.8) is 0 Å². The van der Waals surface area contributed by atoms with Gasteiger partial charge in [0.15, 0.2) is 12.4 Å². The molecule has 1 amide bonds. The van der Waals surface area contributed by atoms with Crippen LogP contribution in [0.4, 0.5) is 0 Å². The van der Waals surface area contributed by atoms with Crippen molar-refractivity contribution in [1.29, 1.82) is 0 Å². The molecule has 0 aromatic heterocycles. The zero-order valence-electron chi connectivity index (χ0n) is 16.4. The van der Waals surface area contributed by atoms with Crippen molar-refractivity contribution < 1.29 is 23.9 Å². The number of amides is 1. The molecule has 0 heterocycles. The Bertz CT molecular complexity index is 843. The SMILES string of the molecule is COc1ccc(CNC(=O)COC(=O)CCC(=O)c2ccc(C)c(C)c2)cc1. The molecule has 2 aromatic carbocycles. The molecule has 0 aliphatic carbocycles. The number of carbonyl (C=O) groups excluding carboxylic acids is 3. The van der Waals surface area contributed by atoms with Crippen LogP contribution in [0.5, 0.6) is 5.75 Å². The molecule has 148 valence electrons. The maximum Gasteiger partial charge on any atom is 0.306 e.